The molecule has 126 valence electrons. The van der Waals surface area contributed by atoms with Gasteiger partial charge in [0.2, 0.25) is 17.7 Å². The molecule has 0 spiro atoms. The molecule has 2 amide bonds. The van der Waals surface area contributed by atoms with Gasteiger partial charge in [0.25, 0.3) is 0 Å². The Morgan fingerprint density at radius 3 is 2.36 bits per heavy atom. The van der Waals surface area contributed by atoms with Crippen molar-refractivity contribution in [1.82, 2.24) is 4.98 Å². The van der Waals surface area contributed by atoms with E-state index >= 15 is 0 Å². The molecule has 0 unspecified atom stereocenters. The van der Waals surface area contributed by atoms with Crippen molar-refractivity contribution in [3.05, 3.63) is 52.9 Å². The summed E-state index contributed by atoms with van der Waals surface area (Å²) in [7, 11) is 0. The molecular formula is C18H15N3O4. The predicted octanol–water partition coefficient (Wildman–Crippen LogP) is 2.77. The van der Waals surface area contributed by atoms with E-state index in [0.29, 0.717) is 27.8 Å². The molecule has 0 aliphatic rings. The van der Waals surface area contributed by atoms with Crippen molar-refractivity contribution < 1.29 is 14.0 Å². The highest BCUT2D eigenvalue weighted by molar-refractivity contribution is 5.99. The monoisotopic (exact) mass is 337 g/mol. The molecular weight excluding hydrogens is 322 g/mol. The number of fused-ring (bicyclic) bond motifs is 1. The number of anilines is 2. The smallest absolute Gasteiger partial charge is 0.347 e. The summed E-state index contributed by atoms with van der Waals surface area (Å²) < 4.78 is 5.29. The van der Waals surface area contributed by atoms with Gasteiger partial charge >= 0.3 is 5.63 Å². The molecule has 7 nitrogen and oxygen atoms in total. The van der Waals surface area contributed by atoms with Gasteiger partial charge in [-0.25, -0.2) is 9.78 Å². The molecule has 25 heavy (non-hydrogen) atoms. The molecule has 0 saturated heterocycles. The number of hydrogen-bond acceptors (Lipinski definition) is 5. The van der Waals surface area contributed by atoms with Crippen molar-refractivity contribution in [3.63, 3.8) is 0 Å². The second kappa shape index (κ2) is 6.56. The minimum Gasteiger partial charge on any atom is -0.403 e. The molecule has 0 radical (unpaired) electrons. The number of carbonyl (C=O) groups is 2. The molecule has 0 aliphatic carbocycles. The quantitative estimate of drug-likeness (QED) is 0.765. The molecule has 0 aliphatic heterocycles. The van der Waals surface area contributed by atoms with Gasteiger partial charge in [0.1, 0.15) is 0 Å². The zero-order valence-corrected chi connectivity index (χ0v) is 13.6. The van der Waals surface area contributed by atoms with E-state index in [1.807, 2.05) is 0 Å². The molecule has 1 aromatic heterocycles. The highest BCUT2D eigenvalue weighted by Crippen LogP contribution is 2.28. The minimum absolute atomic E-state index is 0.129. The Kier molecular flexibility index (Phi) is 4.30. The van der Waals surface area contributed by atoms with Crippen LogP contribution in [-0.4, -0.2) is 16.8 Å². The van der Waals surface area contributed by atoms with Crippen LogP contribution in [0.15, 0.2) is 51.7 Å². The van der Waals surface area contributed by atoms with Crippen LogP contribution in [-0.2, 0) is 9.59 Å². The Balaban J connectivity index is 2.12. The van der Waals surface area contributed by atoms with Crippen molar-refractivity contribution in [3.8, 4) is 11.5 Å². The van der Waals surface area contributed by atoms with Crippen LogP contribution in [0.5, 0.6) is 0 Å². The SMILES string of the molecule is CC(=O)Nc1ccc(-c2nc3ccccc3c(=O)o2)cc1NC(C)=O. The Morgan fingerprint density at radius 1 is 0.960 bits per heavy atom. The number of nitrogens with one attached hydrogen (secondary N) is 2. The molecule has 2 aromatic carbocycles. The zero-order chi connectivity index (χ0) is 18.0. The molecule has 3 aromatic rings. The molecule has 2 N–H and O–H groups in total. The first-order valence-corrected chi connectivity index (χ1v) is 7.53. The standard InChI is InChI=1S/C18H15N3O4/c1-10(22)19-15-8-7-12(9-16(15)20-11(2)23)17-21-14-6-4-3-5-13(14)18(24)25-17/h3-9H,1-2H3,(H,19,22)(H,20,23). The van der Waals surface area contributed by atoms with Crippen LogP contribution in [0.2, 0.25) is 0 Å². The van der Waals surface area contributed by atoms with Gasteiger partial charge in [-0.3, -0.25) is 9.59 Å². The van der Waals surface area contributed by atoms with E-state index in [1.54, 1.807) is 42.5 Å². The minimum atomic E-state index is -0.493. The summed E-state index contributed by atoms with van der Waals surface area (Å²) >= 11 is 0. The summed E-state index contributed by atoms with van der Waals surface area (Å²) in [6, 6.07) is 11.7. The van der Waals surface area contributed by atoms with Crippen molar-refractivity contribution in [2.75, 3.05) is 10.6 Å². The Bertz CT molecular complexity index is 1040. The maximum atomic E-state index is 12.1. The second-order valence-corrected chi connectivity index (χ2v) is 5.45. The fraction of sp³-hybridized carbons (Fsp3) is 0.111. The first-order valence-electron chi connectivity index (χ1n) is 7.53. The van der Waals surface area contributed by atoms with Gasteiger partial charge in [0.05, 0.1) is 22.3 Å². The van der Waals surface area contributed by atoms with Crippen LogP contribution in [0.4, 0.5) is 11.4 Å². The summed E-state index contributed by atoms with van der Waals surface area (Å²) in [5.74, 6) is -0.434. The molecule has 0 fully saturated rings. The fourth-order valence-electron chi connectivity index (χ4n) is 2.41. The van der Waals surface area contributed by atoms with Crippen molar-refractivity contribution in [1.29, 1.82) is 0 Å². The lowest BCUT2D eigenvalue weighted by molar-refractivity contribution is -0.115. The van der Waals surface area contributed by atoms with E-state index in [9.17, 15) is 14.4 Å². The van der Waals surface area contributed by atoms with Crippen molar-refractivity contribution in [2.24, 2.45) is 0 Å². The summed E-state index contributed by atoms with van der Waals surface area (Å²) in [4.78, 5) is 39.2. The number of hydrogen-bond donors (Lipinski definition) is 2. The lowest BCUT2D eigenvalue weighted by Gasteiger charge is -2.12. The third kappa shape index (κ3) is 3.55. The molecule has 0 bridgehead atoms. The molecule has 0 saturated carbocycles. The number of carbonyl (C=O) groups excluding carboxylic acids is 2. The zero-order valence-electron chi connectivity index (χ0n) is 13.6. The largest absolute Gasteiger partial charge is 0.403 e. The van der Waals surface area contributed by atoms with Gasteiger partial charge in [0.15, 0.2) is 0 Å². The van der Waals surface area contributed by atoms with E-state index in [1.165, 1.54) is 13.8 Å². The maximum Gasteiger partial charge on any atom is 0.347 e. The third-order valence-corrected chi connectivity index (χ3v) is 3.42. The maximum absolute atomic E-state index is 12.1. The van der Waals surface area contributed by atoms with E-state index in [2.05, 4.69) is 15.6 Å². The van der Waals surface area contributed by atoms with Crippen LogP contribution < -0.4 is 16.3 Å². The summed E-state index contributed by atoms with van der Waals surface area (Å²) in [5.41, 5.74) is 1.35. The summed E-state index contributed by atoms with van der Waals surface area (Å²) in [5, 5.41) is 5.66. The Labute approximate surface area is 142 Å². The number of para-hydroxylation sites is 1. The van der Waals surface area contributed by atoms with Crippen LogP contribution in [0.25, 0.3) is 22.4 Å². The lowest BCUT2D eigenvalue weighted by atomic mass is 10.1. The van der Waals surface area contributed by atoms with Gasteiger partial charge in [-0.15, -0.1) is 0 Å². The molecule has 0 atom stereocenters. The normalized spacial score (nSPS) is 10.5. The Morgan fingerprint density at radius 2 is 1.64 bits per heavy atom. The average molecular weight is 337 g/mol. The van der Waals surface area contributed by atoms with E-state index < -0.39 is 5.63 Å². The summed E-state index contributed by atoms with van der Waals surface area (Å²) in [6.07, 6.45) is 0. The highest BCUT2D eigenvalue weighted by Gasteiger charge is 2.12. The highest BCUT2D eigenvalue weighted by atomic mass is 16.4. The Hall–Kier alpha value is -3.48. The van der Waals surface area contributed by atoms with Crippen LogP contribution in [0.1, 0.15) is 13.8 Å². The van der Waals surface area contributed by atoms with Gasteiger partial charge in [-0.05, 0) is 30.3 Å². The van der Waals surface area contributed by atoms with Crippen molar-refractivity contribution >= 4 is 34.1 Å². The number of rotatable bonds is 3. The van der Waals surface area contributed by atoms with Crippen LogP contribution in [0, 0.1) is 0 Å². The van der Waals surface area contributed by atoms with Gasteiger partial charge < -0.3 is 15.1 Å². The van der Waals surface area contributed by atoms with Crippen molar-refractivity contribution in [2.45, 2.75) is 13.8 Å². The van der Waals surface area contributed by atoms with Crippen LogP contribution >= 0.6 is 0 Å². The third-order valence-electron chi connectivity index (χ3n) is 3.42. The first kappa shape index (κ1) is 16.4. The van der Waals surface area contributed by atoms with E-state index in [-0.39, 0.29) is 17.7 Å². The predicted molar refractivity (Wildman–Crippen MR) is 94.3 cm³/mol. The average Bonchev–Trinajstić information content (AvgIpc) is 2.55. The van der Waals surface area contributed by atoms with E-state index in [4.69, 9.17) is 4.42 Å². The number of amides is 2. The topological polar surface area (TPSA) is 101 Å². The van der Waals surface area contributed by atoms with Gasteiger partial charge in [-0.1, -0.05) is 12.1 Å². The summed E-state index contributed by atoms with van der Waals surface area (Å²) in [6.45, 7) is 2.73. The molecule has 7 heteroatoms. The number of aromatic nitrogens is 1. The van der Waals surface area contributed by atoms with Gasteiger partial charge in [-0.2, -0.15) is 0 Å². The molecule has 3 rings (SSSR count). The molecule has 1 heterocycles. The second-order valence-electron chi connectivity index (χ2n) is 5.45. The number of nitrogens with zero attached hydrogens (tertiary/aromatic N) is 1. The fourth-order valence-corrected chi connectivity index (χ4v) is 2.41. The first-order chi connectivity index (χ1) is 11.9. The van der Waals surface area contributed by atoms with E-state index in [0.717, 1.165) is 0 Å². The number of benzene rings is 2. The van der Waals surface area contributed by atoms with Gasteiger partial charge in [0, 0.05) is 19.4 Å². The van der Waals surface area contributed by atoms with Crippen LogP contribution in [0.3, 0.4) is 0 Å². The lowest BCUT2D eigenvalue weighted by Crippen LogP contribution is -2.12.